The van der Waals surface area contributed by atoms with Crippen molar-refractivity contribution >= 4 is 21.9 Å². The number of hydrogen-bond donors (Lipinski definition) is 2. The van der Waals surface area contributed by atoms with E-state index >= 15 is 0 Å². The molecule has 0 spiro atoms. The molecule has 0 aliphatic carbocycles. The van der Waals surface area contributed by atoms with E-state index in [1.807, 2.05) is 0 Å². The van der Waals surface area contributed by atoms with Crippen LogP contribution in [-0.4, -0.2) is 10.2 Å². The van der Waals surface area contributed by atoms with Gasteiger partial charge in [0.1, 0.15) is 35.2 Å². The average molecular weight is 490 g/mol. The van der Waals surface area contributed by atoms with E-state index in [0.717, 1.165) is 0 Å². The number of aromatic hydroxyl groups is 2. The average Bonchev–Trinajstić information content (AvgIpc) is 2.91. The lowest BCUT2D eigenvalue weighted by Gasteiger charge is -2.11. The molecule has 6 rings (SSSR count). The summed E-state index contributed by atoms with van der Waals surface area (Å²) in [5.74, 6) is 0.481. The Bertz CT molecular complexity index is 1910. The van der Waals surface area contributed by atoms with Gasteiger partial charge in [0.2, 0.25) is 0 Å². The predicted molar refractivity (Wildman–Crippen MR) is 139 cm³/mol. The lowest BCUT2D eigenvalue weighted by Crippen LogP contribution is -2.04. The van der Waals surface area contributed by atoms with Gasteiger partial charge in [-0.15, -0.1) is 0 Å². The molecular formula is C30H18O7. The van der Waals surface area contributed by atoms with Gasteiger partial charge in [-0.05, 0) is 59.7 Å². The van der Waals surface area contributed by atoms with Crippen LogP contribution in [-0.2, 0) is 0 Å². The van der Waals surface area contributed by atoms with E-state index in [9.17, 15) is 19.8 Å². The number of hydrogen-bond acceptors (Lipinski definition) is 7. The summed E-state index contributed by atoms with van der Waals surface area (Å²) in [4.78, 5) is 25.9. The van der Waals surface area contributed by atoms with Crippen molar-refractivity contribution in [2.75, 3.05) is 0 Å². The molecule has 0 unspecified atom stereocenters. The summed E-state index contributed by atoms with van der Waals surface area (Å²) >= 11 is 0. The SMILES string of the molecule is O=c1c(-c2ccc(O)c(Oc3ccc(-c4coc5cc(O)ccc5c4=O)cc3)c2)coc2ccccc12. The zero-order valence-electron chi connectivity index (χ0n) is 19.2. The maximum absolute atomic E-state index is 13.0. The van der Waals surface area contributed by atoms with Gasteiger partial charge < -0.3 is 23.8 Å². The Morgan fingerprint density at radius 2 is 1.27 bits per heavy atom. The zero-order valence-corrected chi connectivity index (χ0v) is 19.2. The number of benzene rings is 4. The number of phenols is 2. The van der Waals surface area contributed by atoms with E-state index in [-0.39, 0.29) is 28.1 Å². The monoisotopic (exact) mass is 490 g/mol. The molecule has 0 saturated heterocycles. The smallest absolute Gasteiger partial charge is 0.200 e. The second kappa shape index (κ2) is 8.73. The number of fused-ring (bicyclic) bond motifs is 2. The van der Waals surface area contributed by atoms with Crippen molar-refractivity contribution in [3.05, 3.63) is 118 Å². The van der Waals surface area contributed by atoms with Gasteiger partial charge in [-0.25, -0.2) is 0 Å². The van der Waals surface area contributed by atoms with E-state index in [1.54, 1.807) is 60.7 Å². The molecule has 7 heteroatoms. The summed E-state index contributed by atoms with van der Waals surface area (Å²) in [6, 6.07) is 22.7. The number of rotatable bonds is 4. The highest BCUT2D eigenvalue weighted by Gasteiger charge is 2.14. The molecule has 7 nitrogen and oxygen atoms in total. The minimum atomic E-state index is -0.227. The minimum absolute atomic E-state index is 0.0127. The molecule has 2 N–H and O–H groups in total. The van der Waals surface area contributed by atoms with Gasteiger partial charge in [-0.2, -0.15) is 0 Å². The summed E-state index contributed by atoms with van der Waals surface area (Å²) in [6.45, 7) is 0. The van der Waals surface area contributed by atoms with Crippen molar-refractivity contribution in [2.24, 2.45) is 0 Å². The largest absolute Gasteiger partial charge is 0.508 e. The molecule has 37 heavy (non-hydrogen) atoms. The third kappa shape index (κ3) is 3.98. The van der Waals surface area contributed by atoms with Crippen molar-refractivity contribution < 1.29 is 23.8 Å². The molecule has 0 aliphatic heterocycles. The lowest BCUT2D eigenvalue weighted by molar-refractivity contribution is 0.411. The lowest BCUT2D eigenvalue weighted by atomic mass is 10.0. The Labute approximate surface area is 209 Å². The second-order valence-corrected chi connectivity index (χ2v) is 8.44. The minimum Gasteiger partial charge on any atom is -0.508 e. The standard InChI is InChI=1S/C30H18O7/c31-19-8-11-22-27(14-19)36-15-23(30(22)34)17-5-9-20(10-6-17)37-28-13-18(7-12-25(28)32)24-16-35-26-4-2-1-3-21(26)29(24)33/h1-16,31-32H. The summed E-state index contributed by atoms with van der Waals surface area (Å²) in [5, 5.41) is 20.8. The summed E-state index contributed by atoms with van der Waals surface area (Å²) in [6.07, 6.45) is 2.75. The second-order valence-electron chi connectivity index (χ2n) is 8.44. The first-order chi connectivity index (χ1) is 18.0. The summed E-state index contributed by atoms with van der Waals surface area (Å²) in [7, 11) is 0. The fourth-order valence-corrected chi connectivity index (χ4v) is 4.19. The fourth-order valence-electron chi connectivity index (χ4n) is 4.19. The molecular weight excluding hydrogens is 472 g/mol. The van der Waals surface area contributed by atoms with Crippen LogP contribution in [0, 0.1) is 0 Å². The van der Waals surface area contributed by atoms with Gasteiger partial charge in [0.05, 0.1) is 21.9 Å². The molecule has 2 heterocycles. The van der Waals surface area contributed by atoms with Crippen molar-refractivity contribution in [2.45, 2.75) is 0 Å². The number of ether oxygens (including phenoxy) is 1. The molecule has 0 amide bonds. The van der Waals surface area contributed by atoms with E-state index in [0.29, 0.717) is 49.9 Å². The maximum Gasteiger partial charge on any atom is 0.200 e. The van der Waals surface area contributed by atoms with Crippen LogP contribution < -0.4 is 15.6 Å². The van der Waals surface area contributed by atoms with Gasteiger partial charge in [0.15, 0.2) is 22.4 Å². The summed E-state index contributed by atoms with van der Waals surface area (Å²) < 4.78 is 17.0. The van der Waals surface area contributed by atoms with Crippen LogP contribution in [0.4, 0.5) is 0 Å². The molecule has 0 atom stereocenters. The first-order valence-electron chi connectivity index (χ1n) is 11.3. The third-order valence-corrected chi connectivity index (χ3v) is 6.10. The Balaban J connectivity index is 1.31. The van der Waals surface area contributed by atoms with Gasteiger partial charge in [0, 0.05) is 6.07 Å². The Morgan fingerprint density at radius 3 is 2.05 bits per heavy atom. The molecule has 180 valence electrons. The van der Waals surface area contributed by atoms with Crippen LogP contribution in [0.1, 0.15) is 0 Å². The van der Waals surface area contributed by atoms with Crippen LogP contribution >= 0.6 is 0 Å². The molecule has 0 fully saturated rings. The molecule has 2 aromatic heterocycles. The van der Waals surface area contributed by atoms with Crippen LogP contribution in [0.15, 0.2) is 116 Å². The molecule has 0 aliphatic rings. The molecule has 0 bridgehead atoms. The highest BCUT2D eigenvalue weighted by atomic mass is 16.5. The highest BCUT2D eigenvalue weighted by molar-refractivity contribution is 5.83. The van der Waals surface area contributed by atoms with Crippen LogP contribution in [0.25, 0.3) is 44.2 Å². The van der Waals surface area contributed by atoms with Gasteiger partial charge in [-0.1, -0.05) is 30.3 Å². The highest BCUT2D eigenvalue weighted by Crippen LogP contribution is 2.35. The van der Waals surface area contributed by atoms with Crippen molar-refractivity contribution in [1.82, 2.24) is 0 Å². The Kier molecular flexibility index (Phi) is 5.23. The zero-order chi connectivity index (χ0) is 25.5. The van der Waals surface area contributed by atoms with Gasteiger partial charge in [0.25, 0.3) is 0 Å². The topological polar surface area (TPSA) is 110 Å². The maximum atomic E-state index is 13.0. The van der Waals surface area contributed by atoms with Crippen LogP contribution in [0.2, 0.25) is 0 Å². The normalized spacial score (nSPS) is 11.1. The first kappa shape index (κ1) is 22.2. The molecule has 0 radical (unpaired) electrons. The van der Waals surface area contributed by atoms with Gasteiger partial charge in [-0.3, -0.25) is 9.59 Å². The Hall–Kier alpha value is -5.30. The predicted octanol–water partition coefficient (Wildman–Crippen LogP) is 6.44. The molecule has 6 aromatic rings. The van der Waals surface area contributed by atoms with Gasteiger partial charge >= 0.3 is 0 Å². The van der Waals surface area contributed by atoms with Crippen molar-refractivity contribution in [1.29, 1.82) is 0 Å². The van der Waals surface area contributed by atoms with E-state index in [1.165, 1.54) is 36.8 Å². The van der Waals surface area contributed by atoms with E-state index in [2.05, 4.69) is 0 Å². The number of phenolic OH excluding ortho intramolecular Hbond substituents is 2. The van der Waals surface area contributed by atoms with E-state index in [4.69, 9.17) is 13.6 Å². The fraction of sp³-hybridized carbons (Fsp3) is 0. The van der Waals surface area contributed by atoms with Crippen LogP contribution in [0.3, 0.4) is 0 Å². The van der Waals surface area contributed by atoms with Crippen molar-refractivity contribution in [3.8, 4) is 45.3 Å². The van der Waals surface area contributed by atoms with E-state index < -0.39 is 0 Å². The number of para-hydroxylation sites is 1. The molecule has 4 aromatic carbocycles. The first-order valence-corrected chi connectivity index (χ1v) is 11.3. The summed E-state index contributed by atoms with van der Waals surface area (Å²) in [5.41, 5.74) is 2.22. The molecule has 0 saturated carbocycles. The third-order valence-electron chi connectivity index (χ3n) is 6.10. The van der Waals surface area contributed by atoms with Crippen molar-refractivity contribution in [3.63, 3.8) is 0 Å². The quantitative estimate of drug-likeness (QED) is 0.293. The van der Waals surface area contributed by atoms with Crippen LogP contribution in [0.5, 0.6) is 23.0 Å². The Morgan fingerprint density at radius 1 is 0.622 bits per heavy atom.